The van der Waals surface area contributed by atoms with E-state index in [-0.39, 0.29) is 12.1 Å². The standard InChI is InChI=1S/C8H14O3/c1-4-5-11-7(2)6-8(9)10-3/h4,7H,1,5-6H2,2-3H3. The number of hydrogen-bond acceptors (Lipinski definition) is 3. The summed E-state index contributed by atoms with van der Waals surface area (Å²) < 4.78 is 9.60. The van der Waals surface area contributed by atoms with E-state index in [1.165, 1.54) is 7.11 Å². The van der Waals surface area contributed by atoms with Crippen LogP contribution >= 0.6 is 0 Å². The van der Waals surface area contributed by atoms with Gasteiger partial charge in [0.25, 0.3) is 0 Å². The third-order valence-electron chi connectivity index (χ3n) is 1.18. The molecule has 0 spiro atoms. The minimum Gasteiger partial charge on any atom is -0.469 e. The van der Waals surface area contributed by atoms with Crippen LogP contribution < -0.4 is 0 Å². The fourth-order valence-corrected chi connectivity index (χ4v) is 0.609. The Hall–Kier alpha value is -0.830. The van der Waals surface area contributed by atoms with Crippen molar-refractivity contribution in [3.8, 4) is 0 Å². The number of carbonyl (C=O) groups is 1. The lowest BCUT2D eigenvalue weighted by molar-refractivity contribution is -0.143. The van der Waals surface area contributed by atoms with Crippen molar-refractivity contribution >= 4 is 5.97 Å². The van der Waals surface area contributed by atoms with Gasteiger partial charge in [0.15, 0.2) is 0 Å². The molecule has 0 aromatic rings. The van der Waals surface area contributed by atoms with Crippen molar-refractivity contribution in [2.24, 2.45) is 0 Å². The van der Waals surface area contributed by atoms with Crippen LogP contribution in [0.25, 0.3) is 0 Å². The lowest BCUT2D eigenvalue weighted by Crippen LogP contribution is -2.15. The largest absolute Gasteiger partial charge is 0.469 e. The second-order valence-corrected chi connectivity index (χ2v) is 2.21. The van der Waals surface area contributed by atoms with Crippen LogP contribution in [0.3, 0.4) is 0 Å². The molecule has 0 aliphatic carbocycles. The molecule has 0 radical (unpaired) electrons. The molecule has 0 aliphatic heterocycles. The van der Waals surface area contributed by atoms with Gasteiger partial charge in [0.05, 0.1) is 26.2 Å². The minimum absolute atomic E-state index is 0.0968. The maximum Gasteiger partial charge on any atom is 0.308 e. The van der Waals surface area contributed by atoms with E-state index < -0.39 is 0 Å². The molecule has 1 atom stereocenters. The zero-order valence-electron chi connectivity index (χ0n) is 7.00. The summed E-state index contributed by atoms with van der Waals surface area (Å²) in [6, 6.07) is 0. The van der Waals surface area contributed by atoms with E-state index in [1.807, 2.05) is 6.92 Å². The van der Waals surface area contributed by atoms with Crippen LogP contribution in [0.2, 0.25) is 0 Å². The van der Waals surface area contributed by atoms with Crippen LogP contribution in [0.1, 0.15) is 13.3 Å². The molecule has 0 aromatic heterocycles. The van der Waals surface area contributed by atoms with Gasteiger partial charge in [0.2, 0.25) is 0 Å². The molecule has 3 heteroatoms. The van der Waals surface area contributed by atoms with Gasteiger partial charge in [0.1, 0.15) is 0 Å². The van der Waals surface area contributed by atoms with E-state index in [0.29, 0.717) is 13.0 Å². The van der Waals surface area contributed by atoms with Gasteiger partial charge in [-0.15, -0.1) is 6.58 Å². The molecule has 0 saturated carbocycles. The maximum atomic E-state index is 10.7. The average molecular weight is 158 g/mol. The highest BCUT2D eigenvalue weighted by molar-refractivity contribution is 5.69. The smallest absolute Gasteiger partial charge is 0.308 e. The second kappa shape index (κ2) is 5.92. The van der Waals surface area contributed by atoms with Crippen LogP contribution in [-0.4, -0.2) is 25.8 Å². The summed E-state index contributed by atoms with van der Waals surface area (Å²) in [5.41, 5.74) is 0. The fraction of sp³-hybridized carbons (Fsp3) is 0.625. The molecule has 1 unspecified atom stereocenters. The normalized spacial score (nSPS) is 12.2. The molecule has 64 valence electrons. The SMILES string of the molecule is C=CCOC(C)CC(=O)OC. The lowest BCUT2D eigenvalue weighted by atomic mass is 10.3. The first-order valence-electron chi connectivity index (χ1n) is 3.50. The van der Waals surface area contributed by atoms with Crippen LogP contribution in [0.4, 0.5) is 0 Å². The molecule has 0 fully saturated rings. The van der Waals surface area contributed by atoms with Crippen molar-refractivity contribution in [3.63, 3.8) is 0 Å². The zero-order valence-corrected chi connectivity index (χ0v) is 7.00. The van der Waals surface area contributed by atoms with Crippen molar-refractivity contribution in [3.05, 3.63) is 12.7 Å². The van der Waals surface area contributed by atoms with Crippen molar-refractivity contribution in [2.75, 3.05) is 13.7 Å². The molecule has 0 heterocycles. The molecule has 0 rings (SSSR count). The maximum absolute atomic E-state index is 10.7. The van der Waals surface area contributed by atoms with Crippen LogP contribution in [0, 0.1) is 0 Å². The van der Waals surface area contributed by atoms with Gasteiger partial charge in [-0.1, -0.05) is 6.08 Å². The summed E-state index contributed by atoms with van der Waals surface area (Å²) in [7, 11) is 1.36. The van der Waals surface area contributed by atoms with Crippen molar-refractivity contribution in [2.45, 2.75) is 19.4 Å². The second-order valence-electron chi connectivity index (χ2n) is 2.21. The van der Waals surface area contributed by atoms with E-state index in [1.54, 1.807) is 6.08 Å². The van der Waals surface area contributed by atoms with E-state index >= 15 is 0 Å². The first-order chi connectivity index (χ1) is 5.20. The van der Waals surface area contributed by atoms with Crippen molar-refractivity contribution in [1.82, 2.24) is 0 Å². The van der Waals surface area contributed by atoms with E-state index in [2.05, 4.69) is 11.3 Å². The fourth-order valence-electron chi connectivity index (χ4n) is 0.609. The Morgan fingerprint density at radius 2 is 2.36 bits per heavy atom. The molecule has 0 bridgehead atoms. The van der Waals surface area contributed by atoms with Gasteiger partial charge in [-0.2, -0.15) is 0 Å². The Morgan fingerprint density at radius 1 is 1.73 bits per heavy atom. The molecule has 0 amide bonds. The van der Waals surface area contributed by atoms with E-state index in [4.69, 9.17) is 4.74 Å². The molecule has 0 aromatic carbocycles. The molecule has 0 N–H and O–H groups in total. The zero-order chi connectivity index (χ0) is 8.69. The van der Waals surface area contributed by atoms with Crippen LogP contribution in [-0.2, 0) is 14.3 Å². The Bertz CT molecular complexity index is 131. The highest BCUT2D eigenvalue weighted by Gasteiger charge is 2.07. The molecule has 11 heavy (non-hydrogen) atoms. The predicted octanol–water partition coefficient (Wildman–Crippen LogP) is 1.14. The third kappa shape index (κ3) is 5.61. The van der Waals surface area contributed by atoms with E-state index in [9.17, 15) is 4.79 Å². The molecular weight excluding hydrogens is 144 g/mol. The lowest BCUT2D eigenvalue weighted by Gasteiger charge is -2.08. The summed E-state index contributed by atoms with van der Waals surface area (Å²) in [4.78, 5) is 10.7. The first kappa shape index (κ1) is 10.2. The predicted molar refractivity (Wildman–Crippen MR) is 42.2 cm³/mol. The third-order valence-corrected chi connectivity index (χ3v) is 1.18. The van der Waals surface area contributed by atoms with E-state index in [0.717, 1.165) is 0 Å². The quantitative estimate of drug-likeness (QED) is 0.444. The van der Waals surface area contributed by atoms with Gasteiger partial charge in [0, 0.05) is 0 Å². The Labute approximate surface area is 67.0 Å². The molecule has 3 nitrogen and oxygen atoms in total. The molecular formula is C8H14O3. The number of esters is 1. The average Bonchev–Trinajstić information content (AvgIpc) is 2.00. The van der Waals surface area contributed by atoms with Gasteiger partial charge in [-0.25, -0.2) is 0 Å². The number of ether oxygens (including phenoxy) is 2. The number of methoxy groups -OCH3 is 1. The summed E-state index contributed by atoms with van der Waals surface area (Å²) in [5, 5.41) is 0. The van der Waals surface area contributed by atoms with Gasteiger partial charge >= 0.3 is 5.97 Å². The van der Waals surface area contributed by atoms with Crippen molar-refractivity contribution < 1.29 is 14.3 Å². The van der Waals surface area contributed by atoms with Gasteiger partial charge in [-0.05, 0) is 6.92 Å². The Balaban J connectivity index is 3.42. The highest BCUT2D eigenvalue weighted by Crippen LogP contribution is 1.98. The number of rotatable bonds is 5. The first-order valence-corrected chi connectivity index (χ1v) is 3.50. The van der Waals surface area contributed by atoms with Crippen LogP contribution in [0.15, 0.2) is 12.7 Å². The highest BCUT2D eigenvalue weighted by atomic mass is 16.5. The topological polar surface area (TPSA) is 35.5 Å². The van der Waals surface area contributed by atoms with Crippen LogP contribution in [0.5, 0.6) is 0 Å². The molecule has 0 aliphatic rings. The van der Waals surface area contributed by atoms with Gasteiger partial charge < -0.3 is 9.47 Å². The summed E-state index contributed by atoms with van der Waals surface area (Å²) in [6.45, 7) is 5.78. The Morgan fingerprint density at radius 3 is 2.82 bits per heavy atom. The van der Waals surface area contributed by atoms with Gasteiger partial charge in [-0.3, -0.25) is 4.79 Å². The summed E-state index contributed by atoms with van der Waals surface area (Å²) in [6.07, 6.45) is 1.85. The summed E-state index contributed by atoms with van der Waals surface area (Å²) in [5.74, 6) is -0.249. The summed E-state index contributed by atoms with van der Waals surface area (Å²) >= 11 is 0. The molecule has 0 saturated heterocycles. The monoisotopic (exact) mass is 158 g/mol. The Kier molecular flexibility index (Phi) is 5.47. The number of carbonyl (C=O) groups excluding carboxylic acids is 1. The number of hydrogen-bond donors (Lipinski definition) is 0. The minimum atomic E-state index is -0.249. The van der Waals surface area contributed by atoms with Crippen molar-refractivity contribution in [1.29, 1.82) is 0 Å².